The Balaban J connectivity index is 0.00000420. The van der Waals surface area contributed by atoms with Crippen molar-refractivity contribution in [1.29, 1.82) is 0 Å². The summed E-state index contributed by atoms with van der Waals surface area (Å²) in [6, 6.07) is 6.66. The highest BCUT2D eigenvalue weighted by molar-refractivity contribution is 14.0. The number of nitrogens with zero attached hydrogens (tertiary/aromatic N) is 1. The van der Waals surface area contributed by atoms with Gasteiger partial charge in [0.05, 0.1) is 19.7 Å². The van der Waals surface area contributed by atoms with Crippen LogP contribution in [0.1, 0.15) is 43.4 Å². The summed E-state index contributed by atoms with van der Waals surface area (Å²) in [5, 5.41) is 17.1. The maximum absolute atomic E-state index is 14.0. The molecule has 6 nitrogen and oxygen atoms in total. The zero-order valence-corrected chi connectivity index (χ0v) is 20.0. The standard InChI is InChI=1S/C21H30FN3O3.HI/c1-6-23-20(24-12-16-8-9-19(27-7-2)18(22)11-16)25-13-21(5,26)17-10-14(3)28-15(17)4;/h8-11,26H,6-7,12-13H2,1-5H3,(H2,23,24,25);1H. The van der Waals surface area contributed by atoms with E-state index in [0.29, 0.717) is 31.4 Å². The van der Waals surface area contributed by atoms with Gasteiger partial charge in [-0.05, 0) is 58.4 Å². The van der Waals surface area contributed by atoms with Crippen molar-refractivity contribution in [3.8, 4) is 5.75 Å². The SMILES string of the molecule is CCNC(=NCc1ccc(OCC)c(F)c1)NCC(C)(O)c1cc(C)oc1C.I. The van der Waals surface area contributed by atoms with E-state index in [4.69, 9.17) is 9.15 Å². The largest absolute Gasteiger partial charge is 0.491 e. The minimum Gasteiger partial charge on any atom is -0.491 e. The number of hydrogen-bond acceptors (Lipinski definition) is 4. The van der Waals surface area contributed by atoms with E-state index in [1.54, 1.807) is 19.1 Å². The average molecular weight is 519 g/mol. The molecule has 162 valence electrons. The van der Waals surface area contributed by atoms with Crippen LogP contribution in [-0.2, 0) is 12.1 Å². The van der Waals surface area contributed by atoms with Gasteiger partial charge < -0.3 is 24.9 Å². The Morgan fingerprint density at radius 2 is 1.97 bits per heavy atom. The first-order chi connectivity index (χ1) is 13.3. The van der Waals surface area contributed by atoms with E-state index in [9.17, 15) is 9.50 Å². The predicted molar refractivity (Wildman–Crippen MR) is 124 cm³/mol. The van der Waals surface area contributed by atoms with E-state index in [-0.39, 0.29) is 36.3 Å². The average Bonchev–Trinajstić information content (AvgIpc) is 2.99. The fourth-order valence-electron chi connectivity index (χ4n) is 2.94. The molecule has 0 amide bonds. The molecule has 1 unspecified atom stereocenters. The second kappa shape index (κ2) is 11.4. The molecule has 3 N–H and O–H groups in total. The highest BCUT2D eigenvalue weighted by Gasteiger charge is 2.27. The second-order valence-corrected chi connectivity index (χ2v) is 6.85. The first-order valence-electron chi connectivity index (χ1n) is 9.50. The summed E-state index contributed by atoms with van der Waals surface area (Å²) in [4.78, 5) is 4.48. The molecule has 2 aromatic rings. The molecule has 0 radical (unpaired) electrons. The van der Waals surface area contributed by atoms with E-state index in [1.165, 1.54) is 6.07 Å². The monoisotopic (exact) mass is 519 g/mol. The topological polar surface area (TPSA) is 79.0 Å². The Bertz CT molecular complexity index is 821. The number of guanidine groups is 1. The lowest BCUT2D eigenvalue weighted by Gasteiger charge is -2.24. The van der Waals surface area contributed by atoms with Gasteiger partial charge in [0.25, 0.3) is 0 Å². The molecule has 0 fully saturated rings. The first kappa shape index (κ1) is 25.2. The number of ether oxygens (including phenoxy) is 1. The predicted octanol–water partition coefficient (Wildman–Crippen LogP) is 4.02. The minimum absolute atomic E-state index is 0. The van der Waals surface area contributed by atoms with Gasteiger partial charge >= 0.3 is 0 Å². The van der Waals surface area contributed by atoms with Crippen LogP contribution in [0, 0.1) is 19.7 Å². The quantitative estimate of drug-likeness (QED) is 0.279. The summed E-state index contributed by atoms with van der Waals surface area (Å²) in [6.07, 6.45) is 0. The molecule has 1 atom stereocenters. The van der Waals surface area contributed by atoms with E-state index in [0.717, 1.165) is 16.9 Å². The van der Waals surface area contributed by atoms with Gasteiger partial charge in [-0.25, -0.2) is 9.38 Å². The molecule has 0 saturated carbocycles. The third-order valence-corrected chi connectivity index (χ3v) is 4.28. The van der Waals surface area contributed by atoms with Crippen LogP contribution >= 0.6 is 24.0 Å². The maximum atomic E-state index is 14.0. The van der Waals surface area contributed by atoms with Crippen molar-refractivity contribution in [3.05, 3.63) is 52.7 Å². The van der Waals surface area contributed by atoms with Crippen molar-refractivity contribution in [2.24, 2.45) is 4.99 Å². The third-order valence-electron chi connectivity index (χ3n) is 4.28. The lowest BCUT2D eigenvalue weighted by atomic mass is 9.96. The van der Waals surface area contributed by atoms with Crippen LogP contribution in [-0.4, -0.2) is 30.8 Å². The third kappa shape index (κ3) is 7.18. The Labute approximate surface area is 189 Å². The van der Waals surface area contributed by atoms with Crippen molar-refractivity contribution >= 4 is 29.9 Å². The molecule has 0 saturated heterocycles. The van der Waals surface area contributed by atoms with Crippen LogP contribution in [0.3, 0.4) is 0 Å². The maximum Gasteiger partial charge on any atom is 0.191 e. The van der Waals surface area contributed by atoms with E-state index in [1.807, 2.05) is 33.8 Å². The molecule has 0 aliphatic heterocycles. The summed E-state index contributed by atoms with van der Waals surface area (Å²) in [7, 11) is 0. The number of rotatable bonds is 8. The number of aliphatic imine (C=N–C) groups is 1. The van der Waals surface area contributed by atoms with Crippen LogP contribution in [0.2, 0.25) is 0 Å². The summed E-state index contributed by atoms with van der Waals surface area (Å²) in [5.74, 6) is 1.82. The van der Waals surface area contributed by atoms with E-state index < -0.39 is 11.4 Å². The van der Waals surface area contributed by atoms with Crippen molar-refractivity contribution in [1.82, 2.24) is 10.6 Å². The summed E-state index contributed by atoms with van der Waals surface area (Å²) >= 11 is 0. The van der Waals surface area contributed by atoms with Gasteiger partial charge in [-0.1, -0.05) is 6.07 Å². The number of halogens is 2. The van der Waals surface area contributed by atoms with Crippen LogP contribution in [0.4, 0.5) is 4.39 Å². The zero-order chi connectivity index (χ0) is 20.7. The lowest BCUT2D eigenvalue weighted by Crippen LogP contribution is -2.44. The minimum atomic E-state index is -1.12. The zero-order valence-electron chi connectivity index (χ0n) is 17.6. The molecular formula is C21H31FIN3O3. The number of aryl methyl sites for hydroxylation is 2. The van der Waals surface area contributed by atoms with Crippen molar-refractivity contribution < 1.29 is 18.7 Å². The number of nitrogens with one attached hydrogen (secondary N) is 2. The molecule has 2 rings (SSSR count). The summed E-state index contributed by atoms with van der Waals surface area (Å²) in [6.45, 7) is 10.8. The van der Waals surface area contributed by atoms with Gasteiger partial charge in [0.15, 0.2) is 17.5 Å². The van der Waals surface area contributed by atoms with Crippen LogP contribution in [0.15, 0.2) is 33.7 Å². The molecule has 0 bridgehead atoms. The molecule has 29 heavy (non-hydrogen) atoms. The molecule has 0 aliphatic rings. The first-order valence-corrected chi connectivity index (χ1v) is 9.50. The molecular weight excluding hydrogens is 488 g/mol. The number of hydrogen-bond donors (Lipinski definition) is 3. The van der Waals surface area contributed by atoms with Crippen LogP contribution in [0.5, 0.6) is 5.75 Å². The highest BCUT2D eigenvalue weighted by Crippen LogP contribution is 2.26. The molecule has 1 heterocycles. The molecule has 0 aliphatic carbocycles. The number of aliphatic hydroxyl groups is 1. The number of furan rings is 1. The second-order valence-electron chi connectivity index (χ2n) is 6.85. The van der Waals surface area contributed by atoms with Gasteiger partial charge in [0, 0.05) is 12.1 Å². The normalized spacial score (nSPS) is 13.4. The van der Waals surface area contributed by atoms with Gasteiger partial charge in [0.1, 0.15) is 17.1 Å². The van der Waals surface area contributed by atoms with Gasteiger partial charge in [-0.3, -0.25) is 0 Å². The van der Waals surface area contributed by atoms with Gasteiger partial charge in [-0.15, -0.1) is 24.0 Å². The van der Waals surface area contributed by atoms with Gasteiger partial charge in [-0.2, -0.15) is 0 Å². The van der Waals surface area contributed by atoms with Crippen LogP contribution in [0.25, 0.3) is 0 Å². The Hall–Kier alpha value is -1.81. The molecule has 1 aromatic heterocycles. The van der Waals surface area contributed by atoms with E-state index >= 15 is 0 Å². The Morgan fingerprint density at radius 1 is 1.24 bits per heavy atom. The number of benzene rings is 1. The lowest BCUT2D eigenvalue weighted by molar-refractivity contribution is 0.0601. The fourth-order valence-corrected chi connectivity index (χ4v) is 2.94. The van der Waals surface area contributed by atoms with Crippen molar-refractivity contribution in [2.75, 3.05) is 19.7 Å². The van der Waals surface area contributed by atoms with Crippen molar-refractivity contribution in [2.45, 2.75) is 46.8 Å². The molecule has 0 spiro atoms. The summed E-state index contributed by atoms with van der Waals surface area (Å²) in [5.41, 5.74) is 0.344. The Morgan fingerprint density at radius 3 is 2.52 bits per heavy atom. The highest BCUT2D eigenvalue weighted by atomic mass is 127. The Kier molecular flexibility index (Phi) is 9.91. The van der Waals surface area contributed by atoms with Crippen LogP contribution < -0.4 is 15.4 Å². The smallest absolute Gasteiger partial charge is 0.191 e. The van der Waals surface area contributed by atoms with E-state index in [2.05, 4.69) is 15.6 Å². The van der Waals surface area contributed by atoms with Gasteiger partial charge in [0.2, 0.25) is 0 Å². The van der Waals surface area contributed by atoms with Crippen molar-refractivity contribution in [3.63, 3.8) is 0 Å². The fraction of sp³-hybridized carbons (Fsp3) is 0.476. The summed E-state index contributed by atoms with van der Waals surface area (Å²) < 4.78 is 24.7. The molecule has 8 heteroatoms. The molecule has 1 aromatic carbocycles.